The summed E-state index contributed by atoms with van der Waals surface area (Å²) in [7, 11) is 3.96. The molecule has 1 N–H and O–H groups in total. The van der Waals surface area contributed by atoms with Gasteiger partial charge in [-0.2, -0.15) is 5.10 Å². The van der Waals surface area contributed by atoms with Crippen LogP contribution in [0.2, 0.25) is 0 Å². The van der Waals surface area contributed by atoms with Crippen molar-refractivity contribution in [3.8, 4) is 22.8 Å². The number of amides is 1. The van der Waals surface area contributed by atoms with Crippen LogP contribution in [0, 0.1) is 0 Å². The maximum Gasteiger partial charge on any atom is 0.251 e. The highest BCUT2D eigenvalue weighted by molar-refractivity contribution is 5.94. The fourth-order valence-corrected chi connectivity index (χ4v) is 3.75. The Morgan fingerprint density at radius 2 is 1.88 bits per heavy atom. The molecule has 0 bridgehead atoms. The topological polar surface area (TPSA) is 81.0 Å². The lowest BCUT2D eigenvalue weighted by Crippen LogP contribution is -2.31. The Balaban J connectivity index is 1.33. The first-order valence-electron chi connectivity index (χ1n) is 10.8. The van der Waals surface area contributed by atoms with Crippen molar-refractivity contribution in [3.05, 3.63) is 77.6 Å². The molecular weight excluding hydrogens is 418 g/mol. The van der Waals surface area contributed by atoms with Gasteiger partial charge in [0.2, 0.25) is 6.79 Å². The zero-order valence-corrected chi connectivity index (χ0v) is 18.6. The van der Waals surface area contributed by atoms with Crippen molar-refractivity contribution in [2.45, 2.75) is 6.42 Å². The highest BCUT2D eigenvalue weighted by Gasteiger charge is 2.16. The van der Waals surface area contributed by atoms with Gasteiger partial charge in [-0.3, -0.25) is 4.79 Å². The number of rotatable bonds is 7. The predicted octanol–water partition coefficient (Wildman–Crippen LogP) is 3.01. The lowest BCUT2D eigenvalue weighted by molar-refractivity contribution is 0.0951. The molecule has 33 heavy (non-hydrogen) atoms. The molecular formula is C25H25N5O3. The summed E-state index contributed by atoms with van der Waals surface area (Å²) in [6.07, 6.45) is 0.574. The lowest BCUT2D eigenvalue weighted by atomic mass is 10.1. The average molecular weight is 444 g/mol. The van der Waals surface area contributed by atoms with E-state index in [2.05, 4.69) is 5.32 Å². The van der Waals surface area contributed by atoms with Gasteiger partial charge in [0.15, 0.2) is 23.0 Å². The smallest absolute Gasteiger partial charge is 0.251 e. The predicted molar refractivity (Wildman–Crippen MR) is 125 cm³/mol. The van der Waals surface area contributed by atoms with Crippen LogP contribution in [0.4, 0.5) is 0 Å². The van der Waals surface area contributed by atoms with Crippen molar-refractivity contribution in [1.29, 1.82) is 0 Å². The van der Waals surface area contributed by atoms with Crippen LogP contribution >= 0.6 is 0 Å². The number of hydrogen-bond donors (Lipinski definition) is 1. The molecule has 0 spiro atoms. The Morgan fingerprint density at radius 3 is 2.70 bits per heavy atom. The number of ether oxygens (including phenoxy) is 2. The Labute approximate surface area is 191 Å². The van der Waals surface area contributed by atoms with Crippen molar-refractivity contribution in [1.82, 2.24) is 24.8 Å². The summed E-state index contributed by atoms with van der Waals surface area (Å²) in [6, 6.07) is 19.4. The molecule has 0 saturated carbocycles. The molecule has 1 aliphatic rings. The van der Waals surface area contributed by atoms with Crippen molar-refractivity contribution in [2.24, 2.45) is 0 Å². The minimum Gasteiger partial charge on any atom is -0.454 e. The summed E-state index contributed by atoms with van der Waals surface area (Å²) in [5.74, 6) is 2.13. The number of fused-ring (bicyclic) bond motifs is 2. The van der Waals surface area contributed by atoms with Gasteiger partial charge in [0.1, 0.15) is 0 Å². The van der Waals surface area contributed by atoms with Crippen LogP contribution in [-0.2, 0) is 6.42 Å². The van der Waals surface area contributed by atoms with Crippen molar-refractivity contribution >= 4 is 11.6 Å². The molecule has 0 unspecified atom stereocenters. The summed E-state index contributed by atoms with van der Waals surface area (Å²) in [5, 5.41) is 7.67. The van der Waals surface area contributed by atoms with E-state index in [-0.39, 0.29) is 12.7 Å². The number of pyridine rings is 1. The molecule has 4 aromatic rings. The number of carbonyl (C=O) groups is 1. The van der Waals surface area contributed by atoms with Gasteiger partial charge in [-0.25, -0.2) is 9.50 Å². The third-order valence-electron chi connectivity index (χ3n) is 5.49. The fraction of sp³-hybridized carbons (Fsp3) is 0.240. The number of nitrogens with one attached hydrogen (secondary N) is 1. The van der Waals surface area contributed by atoms with Crippen LogP contribution in [0.15, 0.2) is 60.7 Å². The number of hydrogen-bond acceptors (Lipinski definition) is 6. The van der Waals surface area contributed by atoms with Crippen LogP contribution in [0.5, 0.6) is 11.5 Å². The zero-order chi connectivity index (χ0) is 22.8. The quantitative estimate of drug-likeness (QED) is 0.473. The van der Waals surface area contributed by atoms with Gasteiger partial charge < -0.3 is 19.7 Å². The normalized spacial score (nSPS) is 12.5. The number of aromatic nitrogens is 3. The van der Waals surface area contributed by atoms with E-state index in [1.807, 2.05) is 84.2 Å². The van der Waals surface area contributed by atoms with Crippen molar-refractivity contribution in [3.63, 3.8) is 0 Å². The molecule has 0 atom stereocenters. The summed E-state index contributed by atoms with van der Waals surface area (Å²) < 4.78 is 12.8. The highest BCUT2D eigenvalue weighted by Crippen LogP contribution is 2.35. The van der Waals surface area contributed by atoms with Crippen molar-refractivity contribution in [2.75, 3.05) is 34.0 Å². The number of benzene rings is 2. The number of nitrogens with zero attached hydrogens (tertiary/aromatic N) is 4. The van der Waals surface area contributed by atoms with E-state index in [1.165, 1.54) is 0 Å². The molecule has 1 aliphatic heterocycles. The SMILES string of the molecule is CN(C)CCNC(=O)c1ccc(Cc2nc3cccc(-c4ccc5c(c4)OCO5)n3n2)cc1. The van der Waals surface area contributed by atoms with Gasteiger partial charge in [0.25, 0.3) is 5.91 Å². The molecule has 0 radical (unpaired) electrons. The van der Waals surface area contributed by atoms with E-state index in [0.717, 1.165) is 40.5 Å². The van der Waals surface area contributed by atoms with Crippen molar-refractivity contribution < 1.29 is 14.3 Å². The van der Waals surface area contributed by atoms with E-state index in [0.29, 0.717) is 24.4 Å². The molecule has 3 heterocycles. The summed E-state index contributed by atoms with van der Waals surface area (Å²) in [5.41, 5.74) is 4.36. The molecule has 0 saturated heterocycles. The third kappa shape index (κ3) is 4.51. The Hall–Kier alpha value is -3.91. The zero-order valence-electron chi connectivity index (χ0n) is 18.6. The van der Waals surface area contributed by atoms with E-state index >= 15 is 0 Å². The second kappa shape index (κ2) is 8.91. The van der Waals surface area contributed by atoms with E-state index < -0.39 is 0 Å². The maximum absolute atomic E-state index is 12.3. The van der Waals surface area contributed by atoms with Gasteiger partial charge in [-0.1, -0.05) is 18.2 Å². The second-order valence-electron chi connectivity index (χ2n) is 8.21. The van der Waals surface area contributed by atoms with Gasteiger partial charge >= 0.3 is 0 Å². The first-order chi connectivity index (χ1) is 16.1. The summed E-state index contributed by atoms with van der Waals surface area (Å²) in [6.45, 7) is 1.66. The van der Waals surface area contributed by atoms with Crippen LogP contribution in [0.25, 0.3) is 16.9 Å². The van der Waals surface area contributed by atoms with Crippen LogP contribution in [-0.4, -0.2) is 59.4 Å². The minimum absolute atomic E-state index is 0.0670. The minimum atomic E-state index is -0.0670. The van der Waals surface area contributed by atoms with Gasteiger partial charge in [0, 0.05) is 30.6 Å². The van der Waals surface area contributed by atoms with Gasteiger partial charge in [0.05, 0.1) is 5.69 Å². The standard InChI is InChI=1S/C25H25N5O3/c1-29(2)13-12-26-25(31)18-8-6-17(7-9-18)14-23-27-24-5-3-4-20(30(24)28-23)19-10-11-21-22(15-19)33-16-32-21/h3-11,15H,12-14,16H2,1-2H3,(H,26,31). The number of carbonyl (C=O) groups excluding carboxylic acids is 1. The molecule has 1 amide bonds. The molecule has 2 aromatic carbocycles. The van der Waals surface area contributed by atoms with Gasteiger partial charge in [-0.15, -0.1) is 0 Å². The monoisotopic (exact) mass is 443 g/mol. The summed E-state index contributed by atoms with van der Waals surface area (Å²) >= 11 is 0. The first-order valence-corrected chi connectivity index (χ1v) is 10.8. The molecule has 8 heteroatoms. The van der Waals surface area contributed by atoms with Crippen LogP contribution in [0.3, 0.4) is 0 Å². The highest BCUT2D eigenvalue weighted by atomic mass is 16.7. The van der Waals surface area contributed by atoms with E-state index in [4.69, 9.17) is 19.6 Å². The molecule has 0 fully saturated rings. The van der Waals surface area contributed by atoms with Crippen LogP contribution in [0.1, 0.15) is 21.7 Å². The Morgan fingerprint density at radius 1 is 1.06 bits per heavy atom. The average Bonchev–Trinajstić information content (AvgIpc) is 3.44. The van der Waals surface area contributed by atoms with E-state index in [9.17, 15) is 4.79 Å². The first kappa shape index (κ1) is 21.0. The molecule has 8 nitrogen and oxygen atoms in total. The maximum atomic E-state index is 12.3. The number of likely N-dealkylation sites (N-methyl/N-ethyl adjacent to an activating group) is 1. The van der Waals surface area contributed by atoms with E-state index in [1.54, 1.807) is 0 Å². The molecule has 2 aromatic heterocycles. The lowest BCUT2D eigenvalue weighted by Gasteiger charge is -2.10. The fourth-order valence-electron chi connectivity index (χ4n) is 3.75. The Bertz CT molecular complexity index is 1300. The molecule has 0 aliphatic carbocycles. The van der Waals surface area contributed by atoms with Crippen LogP contribution < -0.4 is 14.8 Å². The van der Waals surface area contributed by atoms with Gasteiger partial charge in [-0.05, 0) is 62.1 Å². The second-order valence-corrected chi connectivity index (χ2v) is 8.21. The Kier molecular flexibility index (Phi) is 5.66. The third-order valence-corrected chi connectivity index (χ3v) is 5.49. The molecule has 168 valence electrons. The largest absolute Gasteiger partial charge is 0.454 e. The molecule has 5 rings (SSSR count). The summed E-state index contributed by atoms with van der Waals surface area (Å²) in [4.78, 5) is 19.0.